The fraction of sp³-hybridized carbons (Fsp3) is 0.182. The molecule has 2 rings (SSSR count). The Morgan fingerprint density at radius 2 is 2.20 bits per heavy atom. The molecule has 78 valence electrons. The van der Waals surface area contributed by atoms with Gasteiger partial charge in [-0.1, -0.05) is 37.6 Å². The number of fused-ring (bicyclic) bond motifs is 1. The first-order chi connectivity index (χ1) is 7.06. The summed E-state index contributed by atoms with van der Waals surface area (Å²) in [7, 11) is 2.80. The van der Waals surface area contributed by atoms with E-state index in [-0.39, 0.29) is 5.78 Å². The zero-order valence-electron chi connectivity index (χ0n) is 8.66. The van der Waals surface area contributed by atoms with E-state index in [1.165, 1.54) is 0 Å². The molecule has 15 heavy (non-hydrogen) atoms. The van der Waals surface area contributed by atoms with Crippen molar-refractivity contribution in [2.45, 2.75) is 12.7 Å². The van der Waals surface area contributed by atoms with Crippen molar-refractivity contribution in [3.63, 3.8) is 0 Å². The molecule has 0 bridgehead atoms. The highest BCUT2D eigenvalue weighted by Gasteiger charge is 2.35. The van der Waals surface area contributed by atoms with Crippen molar-refractivity contribution in [2.24, 2.45) is 4.99 Å². The van der Waals surface area contributed by atoms with E-state index in [1.54, 1.807) is 11.8 Å². The maximum atomic E-state index is 4.53. The summed E-state index contributed by atoms with van der Waals surface area (Å²) < 4.78 is 0. The Morgan fingerprint density at radius 1 is 1.53 bits per heavy atom. The highest BCUT2D eigenvalue weighted by atomic mass is 32.2. The molecule has 0 saturated carbocycles. The Hall–Kier alpha value is -0.790. The Bertz CT molecular complexity index is 434. The number of allylic oxidation sites excluding steroid dienone is 1. The minimum atomic E-state index is 0.175. The Balaban J connectivity index is 2.50. The van der Waals surface area contributed by atoms with Crippen molar-refractivity contribution in [1.29, 1.82) is 0 Å². The summed E-state index contributed by atoms with van der Waals surface area (Å²) in [6.45, 7) is 13.8. The molecule has 0 radical (unpaired) electrons. The summed E-state index contributed by atoms with van der Waals surface area (Å²) in [5.41, 5.74) is 3.08. The van der Waals surface area contributed by atoms with Gasteiger partial charge in [0.15, 0.2) is 5.17 Å². The van der Waals surface area contributed by atoms with Crippen LogP contribution in [0, 0.1) is 0 Å². The second-order valence-corrected chi connectivity index (χ2v) is 5.12. The average molecular weight is 236 g/mol. The summed E-state index contributed by atoms with van der Waals surface area (Å²) >= 11 is 1.58. The number of hydrogen-bond acceptors (Lipinski definition) is 3. The van der Waals surface area contributed by atoms with Crippen molar-refractivity contribution in [1.82, 2.24) is 4.90 Å². The van der Waals surface area contributed by atoms with Crippen molar-refractivity contribution >= 4 is 26.2 Å². The first-order valence-electron chi connectivity index (χ1n) is 4.59. The van der Waals surface area contributed by atoms with Crippen LogP contribution in [-0.2, 0) is 0 Å². The zero-order valence-corrected chi connectivity index (χ0v) is 10.6. The smallest absolute Gasteiger partial charge is 0.174 e. The molecule has 0 aromatic carbocycles. The first-order valence-corrected chi connectivity index (χ1v) is 6.07. The molecular formula is C11H13N2PS. The van der Waals surface area contributed by atoms with Crippen LogP contribution in [0.25, 0.3) is 0 Å². The molecular weight excluding hydrogens is 223 g/mol. The summed E-state index contributed by atoms with van der Waals surface area (Å²) in [6.07, 6.45) is 1.85. The summed E-state index contributed by atoms with van der Waals surface area (Å²) in [5, 5.41) is 0.966. The van der Waals surface area contributed by atoms with E-state index < -0.39 is 0 Å². The highest BCUT2D eigenvalue weighted by molar-refractivity contribution is 8.17. The van der Waals surface area contributed by atoms with Crippen LogP contribution in [0.1, 0.15) is 6.92 Å². The molecule has 0 spiro atoms. The molecule has 2 heterocycles. The molecule has 0 aromatic heterocycles. The van der Waals surface area contributed by atoms with E-state index >= 15 is 0 Å². The lowest BCUT2D eigenvalue weighted by atomic mass is 10.1. The van der Waals surface area contributed by atoms with Crippen LogP contribution in [0.2, 0.25) is 0 Å². The van der Waals surface area contributed by atoms with Crippen molar-refractivity contribution in [3.8, 4) is 0 Å². The fourth-order valence-electron chi connectivity index (χ4n) is 1.66. The van der Waals surface area contributed by atoms with Gasteiger partial charge in [0.25, 0.3) is 0 Å². The Kier molecular flexibility index (Phi) is 2.61. The minimum Gasteiger partial charge on any atom is -0.309 e. The van der Waals surface area contributed by atoms with E-state index in [0.29, 0.717) is 0 Å². The van der Waals surface area contributed by atoms with Gasteiger partial charge >= 0.3 is 0 Å². The maximum absolute atomic E-state index is 4.53. The van der Waals surface area contributed by atoms with Crippen LogP contribution >= 0.6 is 21.0 Å². The number of hydrogen-bond donors (Lipinski definition) is 0. The predicted octanol–water partition coefficient (Wildman–Crippen LogP) is 3.09. The van der Waals surface area contributed by atoms with Crippen LogP contribution in [0.4, 0.5) is 0 Å². The second kappa shape index (κ2) is 3.66. The van der Waals surface area contributed by atoms with Gasteiger partial charge in [0.2, 0.25) is 0 Å². The number of rotatable bonds is 1. The lowest BCUT2D eigenvalue weighted by molar-refractivity contribution is 0.545. The van der Waals surface area contributed by atoms with Gasteiger partial charge in [0.05, 0.1) is 11.5 Å². The Morgan fingerprint density at radius 3 is 2.80 bits per heavy atom. The Labute approximate surface area is 96.7 Å². The van der Waals surface area contributed by atoms with Gasteiger partial charge in [-0.3, -0.25) is 0 Å². The van der Waals surface area contributed by atoms with Crippen molar-refractivity contribution in [2.75, 3.05) is 0 Å². The van der Waals surface area contributed by atoms with Gasteiger partial charge < -0.3 is 4.90 Å². The zero-order chi connectivity index (χ0) is 11.2. The molecule has 4 heteroatoms. The standard InChI is InChI=1S/C11H13N2PS/c1-5-9-6(2)12-11-13(10(9)14)7(3)8(4)15-11/h5,10H,1,3-4,14H2,2H3. The van der Waals surface area contributed by atoms with Gasteiger partial charge in [-0.25, -0.2) is 4.99 Å². The van der Waals surface area contributed by atoms with E-state index in [0.717, 1.165) is 27.0 Å². The largest absolute Gasteiger partial charge is 0.309 e. The van der Waals surface area contributed by atoms with E-state index in [4.69, 9.17) is 0 Å². The lowest BCUT2D eigenvalue weighted by Crippen LogP contribution is -2.34. The average Bonchev–Trinajstić information content (AvgIpc) is 2.43. The molecule has 2 unspecified atom stereocenters. The molecule has 0 aromatic rings. The van der Waals surface area contributed by atoms with Crippen LogP contribution in [-0.4, -0.2) is 15.9 Å². The van der Waals surface area contributed by atoms with Crippen molar-refractivity contribution < 1.29 is 0 Å². The molecule has 0 amide bonds. The van der Waals surface area contributed by atoms with Crippen LogP contribution < -0.4 is 0 Å². The number of nitrogens with zero attached hydrogens (tertiary/aromatic N) is 2. The van der Waals surface area contributed by atoms with Crippen LogP contribution in [0.5, 0.6) is 0 Å². The molecule has 2 aliphatic rings. The highest BCUT2D eigenvalue weighted by Crippen LogP contribution is 2.43. The third-order valence-electron chi connectivity index (χ3n) is 2.53. The van der Waals surface area contributed by atoms with Gasteiger partial charge in [-0.2, -0.15) is 0 Å². The predicted molar refractivity (Wildman–Crippen MR) is 71.5 cm³/mol. The topological polar surface area (TPSA) is 15.6 Å². The summed E-state index contributed by atoms with van der Waals surface area (Å²) in [4.78, 5) is 7.58. The number of amidine groups is 1. The van der Waals surface area contributed by atoms with Gasteiger partial charge in [0, 0.05) is 10.6 Å². The third kappa shape index (κ3) is 1.51. The quantitative estimate of drug-likeness (QED) is 0.650. The van der Waals surface area contributed by atoms with Crippen LogP contribution in [0.15, 0.2) is 52.7 Å². The molecule has 0 N–H and O–H groups in total. The van der Waals surface area contributed by atoms with Gasteiger partial charge in [0.1, 0.15) is 0 Å². The molecule has 0 aliphatic carbocycles. The maximum Gasteiger partial charge on any atom is 0.174 e. The molecule has 2 atom stereocenters. The molecule has 2 aliphatic heterocycles. The van der Waals surface area contributed by atoms with E-state index in [9.17, 15) is 0 Å². The summed E-state index contributed by atoms with van der Waals surface area (Å²) in [6, 6.07) is 0. The number of thioether (sulfide) groups is 1. The van der Waals surface area contributed by atoms with Gasteiger partial charge in [-0.15, -0.1) is 9.24 Å². The fourth-order valence-corrected chi connectivity index (χ4v) is 3.41. The van der Waals surface area contributed by atoms with Crippen molar-refractivity contribution in [3.05, 3.63) is 47.7 Å². The van der Waals surface area contributed by atoms with E-state index in [1.807, 2.05) is 13.0 Å². The molecule has 2 nitrogen and oxygen atoms in total. The van der Waals surface area contributed by atoms with Crippen LogP contribution in [0.3, 0.4) is 0 Å². The normalized spacial score (nSPS) is 25.6. The lowest BCUT2D eigenvalue weighted by Gasteiger charge is -2.31. The molecule has 1 saturated heterocycles. The van der Waals surface area contributed by atoms with Gasteiger partial charge in [-0.05, 0) is 12.5 Å². The first kappa shape index (κ1) is 10.7. The third-order valence-corrected chi connectivity index (χ3v) is 4.14. The number of aliphatic imine (C=N–C) groups is 1. The molecule has 1 fully saturated rings. The van der Waals surface area contributed by atoms with E-state index in [2.05, 4.69) is 38.9 Å². The summed E-state index contributed by atoms with van der Waals surface area (Å²) in [5.74, 6) is 0.175. The second-order valence-electron chi connectivity index (χ2n) is 3.43. The minimum absolute atomic E-state index is 0.175. The monoisotopic (exact) mass is 236 g/mol. The SMILES string of the molecule is C=CC1=C(C)N=C2SC(=C)C(=C)N2C1P.